The van der Waals surface area contributed by atoms with Gasteiger partial charge in [-0.3, -0.25) is 4.79 Å². The van der Waals surface area contributed by atoms with E-state index >= 15 is 0 Å². The highest BCUT2D eigenvalue weighted by Gasteiger charge is 2.17. The smallest absolute Gasteiger partial charge is 0.337 e. The van der Waals surface area contributed by atoms with E-state index in [4.69, 9.17) is 0 Å². The van der Waals surface area contributed by atoms with Crippen molar-refractivity contribution in [1.82, 2.24) is 19.0 Å². The van der Waals surface area contributed by atoms with E-state index in [0.717, 1.165) is 25.7 Å². The fraction of sp³-hybridized carbons (Fsp3) is 0.333. The number of nitrogens with zero attached hydrogens (tertiary/aromatic N) is 3. The van der Waals surface area contributed by atoms with Crippen molar-refractivity contribution in [3.05, 3.63) is 92.2 Å². The first-order valence-electron chi connectivity index (χ1n) is 9.38. The number of aromatic nitrogens is 3. The number of benzene rings is 1. The minimum atomic E-state index is -0.852. The zero-order valence-corrected chi connectivity index (χ0v) is 16.8. The first kappa shape index (κ1) is 21.9. The molecule has 1 heterocycles. The number of nitrogens with one attached hydrogen (secondary N) is 1. The molecule has 0 fully saturated rings. The summed E-state index contributed by atoms with van der Waals surface area (Å²) in [6.45, 7) is 10.3. The van der Waals surface area contributed by atoms with Crippen molar-refractivity contribution < 1.29 is 4.79 Å². The number of amides is 1. The Bertz CT molecular complexity index is 1030. The molecule has 0 aliphatic rings. The zero-order valence-electron chi connectivity index (χ0n) is 16.8. The van der Waals surface area contributed by atoms with Gasteiger partial charge in [0, 0.05) is 0 Å². The molecule has 29 heavy (non-hydrogen) atoms. The Hall–Kier alpha value is -3.42. The lowest BCUT2D eigenvalue weighted by Crippen LogP contribution is -2.55. The molecule has 0 unspecified atom stereocenters. The maximum Gasteiger partial charge on any atom is 0.337 e. The van der Waals surface area contributed by atoms with Crippen LogP contribution in [0.5, 0.6) is 0 Å². The molecule has 8 heteroatoms. The molecule has 1 aromatic carbocycles. The number of carbonyl (C=O) groups is 1. The van der Waals surface area contributed by atoms with Gasteiger partial charge in [0.05, 0.1) is 19.1 Å². The van der Waals surface area contributed by atoms with Gasteiger partial charge in [-0.25, -0.2) is 28.1 Å². The molecule has 1 amide bonds. The SMILES string of the molecule is C=CCn1c(=O)n(CC=C)c(=O)n(CC(=O)N[C@@H](C)c2ccc(CC)cc2)c1=O. The monoisotopic (exact) mass is 398 g/mol. The van der Waals surface area contributed by atoms with E-state index in [1.807, 2.05) is 31.2 Å². The van der Waals surface area contributed by atoms with Crippen LogP contribution in [-0.4, -0.2) is 19.6 Å². The summed E-state index contributed by atoms with van der Waals surface area (Å²) in [6, 6.07) is 7.52. The zero-order chi connectivity index (χ0) is 21.6. The molecule has 154 valence electrons. The molecular weight excluding hydrogens is 372 g/mol. The van der Waals surface area contributed by atoms with Gasteiger partial charge in [-0.1, -0.05) is 43.3 Å². The van der Waals surface area contributed by atoms with E-state index in [1.165, 1.54) is 17.7 Å². The molecule has 0 saturated heterocycles. The highest BCUT2D eigenvalue weighted by molar-refractivity contribution is 5.76. The molecule has 0 saturated carbocycles. The Morgan fingerprint density at radius 2 is 1.45 bits per heavy atom. The Labute approximate surface area is 168 Å². The van der Waals surface area contributed by atoms with Crippen molar-refractivity contribution in [3.63, 3.8) is 0 Å². The number of aryl methyl sites for hydroxylation is 1. The van der Waals surface area contributed by atoms with Gasteiger partial charge >= 0.3 is 17.1 Å². The molecule has 0 aliphatic heterocycles. The Morgan fingerprint density at radius 3 is 1.90 bits per heavy atom. The summed E-state index contributed by atoms with van der Waals surface area (Å²) in [5.41, 5.74) is -0.374. The van der Waals surface area contributed by atoms with Crippen molar-refractivity contribution in [1.29, 1.82) is 0 Å². The van der Waals surface area contributed by atoms with E-state index < -0.39 is 29.5 Å². The van der Waals surface area contributed by atoms with Gasteiger partial charge in [-0.2, -0.15) is 0 Å². The molecule has 1 atom stereocenters. The lowest BCUT2D eigenvalue weighted by Gasteiger charge is -2.16. The van der Waals surface area contributed by atoms with Gasteiger partial charge in [-0.15, -0.1) is 13.2 Å². The number of allylic oxidation sites excluding steroid dienone is 2. The first-order valence-corrected chi connectivity index (χ1v) is 9.38. The van der Waals surface area contributed by atoms with E-state index in [-0.39, 0.29) is 19.1 Å². The molecule has 1 aromatic heterocycles. The van der Waals surface area contributed by atoms with E-state index in [1.54, 1.807) is 0 Å². The van der Waals surface area contributed by atoms with E-state index in [2.05, 4.69) is 25.4 Å². The van der Waals surface area contributed by atoms with E-state index in [9.17, 15) is 19.2 Å². The summed E-state index contributed by atoms with van der Waals surface area (Å²) in [5.74, 6) is -0.509. The maximum absolute atomic E-state index is 12.6. The average molecular weight is 398 g/mol. The Balaban J connectivity index is 2.32. The molecular formula is C21H26N4O4. The molecule has 2 aromatic rings. The van der Waals surface area contributed by atoms with Crippen LogP contribution in [0.4, 0.5) is 0 Å². The summed E-state index contributed by atoms with van der Waals surface area (Å²) < 4.78 is 2.47. The summed E-state index contributed by atoms with van der Waals surface area (Å²) in [7, 11) is 0. The Kier molecular flexibility index (Phi) is 7.30. The lowest BCUT2D eigenvalue weighted by atomic mass is 10.1. The maximum atomic E-state index is 12.6. The van der Waals surface area contributed by atoms with Crippen molar-refractivity contribution >= 4 is 5.91 Å². The molecule has 0 spiro atoms. The van der Waals surface area contributed by atoms with Crippen LogP contribution in [0.2, 0.25) is 0 Å². The predicted octanol–water partition coefficient (Wildman–Crippen LogP) is 0.983. The average Bonchev–Trinajstić information content (AvgIpc) is 2.71. The van der Waals surface area contributed by atoms with Crippen molar-refractivity contribution in [3.8, 4) is 0 Å². The number of carbonyl (C=O) groups excluding carboxylic acids is 1. The number of hydrogen-bond acceptors (Lipinski definition) is 4. The number of rotatable bonds is 9. The van der Waals surface area contributed by atoms with Crippen molar-refractivity contribution in [2.75, 3.05) is 0 Å². The van der Waals surface area contributed by atoms with E-state index in [0.29, 0.717) is 0 Å². The van der Waals surface area contributed by atoms with Crippen molar-refractivity contribution in [2.24, 2.45) is 0 Å². The summed E-state index contributed by atoms with van der Waals surface area (Å²) in [6.07, 6.45) is 3.66. The molecule has 2 rings (SSSR count). The highest BCUT2D eigenvalue weighted by atomic mass is 16.2. The summed E-state index contributed by atoms with van der Waals surface area (Å²) in [4.78, 5) is 50.0. The highest BCUT2D eigenvalue weighted by Crippen LogP contribution is 2.13. The third kappa shape index (κ3) is 4.90. The van der Waals surface area contributed by atoms with Gasteiger partial charge in [0.15, 0.2) is 0 Å². The Morgan fingerprint density at radius 1 is 0.966 bits per heavy atom. The summed E-state index contributed by atoms with van der Waals surface area (Å²) >= 11 is 0. The third-order valence-electron chi connectivity index (χ3n) is 4.58. The van der Waals surface area contributed by atoms with Crippen LogP contribution in [0.25, 0.3) is 0 Å². The van der Waals surface area contributed by atoms with Crippen LogP contribution in [0.15, 0.2) is 64.0 Å². The van der Waals surface area contributed by atoms with Crippen LogP contribution in [-0.2, 0) is 30.8 Å². The quantitative estimate of drug-likeness (QED) is 0.637. The standard InChI is InChI=1S/C21H26N4O4/c1-5-12-23-19(27)24(13-6-2)21(29)25(20(23)28)14-18(26)22-15(4)17-10-8-16(7-3)9-11-17/h5-6,8-11,15H,1-2,7,12-14H2,3-4H3,(H,22,26)/t15-/m0/s1. The van der Waals surface area contributed by atoms with Crippen LogP contribution >= 0.6 is 0 Å². The summed E-state index contributed by atoms with van der Waals surface area (Å²) in [5, 5.41) is 2.78. The molecule has 0 bridgehead atoms. The van der Waals surface area contributed by atoms with Crippen LogP contribution in [0.3, 0.4) is 0 Å². The largest absolute Gasteiger partial charge is 0.348 e. The second kappa shape index (κ2) is 9.68. The van der Waals surface area contributed by atoms with Gasteiger partial charge in [-0.05, 0) is 24.5 Å². The topological polar surface area (TPSA) is 95.1 Å². The molecule has 0 aliphatic carbocycles. The van der Waals surface area contributed by atoms with Gasteiger partial charge < -0.3 is 5.32 Å². The normalized spacial score (nSPS) is 11.7. The number of hydrogen-bond donors (Lipinski definition) is 1. The van der Waals surface area contributed by atoms with Gasteiger partial charge in [0.2, 0.25) is 5.91 Å². The minimum absolute atomic E-state index is 0.0725. The van der Waals surface area contributed by atoms with Crippen LogP contribution in [0.1, 0.15) is 31.0 Å². The van der Waals surface area contributed by atoms with Gasteiger partial charge in [0.25, 0.3) is 0 Å². The van der Waals surface area contributed by atoms with Crippen molar-refractivity contribution in [2.45, 2.75) is 45.9 Å². The van der Waals surface area contributed by atoms with Crippen LogP contribution in [0, 0.1) is 0 Å². The molecule has 1 N–H and O–H groups in total. The second-order valence-corrected chi connectivity index (χ2v) is 6.62. The third-order valence-corrected chi connectivity index (χ3v) is 4.58. The molecule has 0 radical (unpaired) electrons. The fourth-order valence-electron chi connectivity index (χ4n) is 2.94. The van der Waals surface area contributed by atoms with Crippen LogP contribution < -0.4 is 22.4 Å². The first-order chi connectivity index (χ1) is 13.8. The fourth-order valence-corrected chi connectivity index (χ4v) is 2.94. The predicted molar refractivity (Wildman–Crippen MR) is 112 cm³/mol. The molecule has 8 nitrogen and oxygen atoms in total. The minimum Gasteiger partial charge on any atom is -0.348 e. The second-order valence-electron chi connectivity index (χ2n) is 6.62. The lowest BCUT2D eigenvalue weighted by molar-refractivity contribution is -0.122. The van der Waals surface area contributed by atoms with Gasteiger partial charge in [0.1, 0.15) is 6.54 Å².